The number of rotatable bonds is 18. The summed E-state index contributed by atoms with van der Waals surface area (Å²) in [6.07, 6.45) is 4.47. The molecule has 1 atom stereocenters. The minimum atomic E-state index is -0.464. The van der Waals surface area contributed by atoms with Crippen LogP contribution in [0.15, 0.2) is 173 Å². The van der Waals surface area contributed by atoms with E-state index >= 15 is 0 Å². The highest BCUT2D eigenvalue weighted by molar-refractivity contribution is 6.09. The van der Waals surface area contributed by atoms with Gasteiger partial charge in [0.05, 0.1) is 53.7 Å². The van der Waals surface area contributed by atoms with E-state index in [9.17, 15) is 14.4 Å². The van der Waals surface area contributed by atoms with Gasteiger partial charge in [-0.25, -0.2) is 14.4 Å². The third kappa shape index (κ3) is 10.7. The molecule has 7 aromatic carbocycles. The Morgan fingerprint density at radius 1 is 0.569 bits per heavy atom. The van der Waals surface area contributed by atoms with Gasteiger partial charge in [-0.05, 0) is 129 Å². The molecule has 0 saturated carbocycles. The third-order valence-electron chi connectivity index (χ3n) is 10.6. The molecule has 0 saturated heterocycles. The quantitative estimate of drug-likeness (QED) is 0.0281. The SMILES string of the molecule is C=CC(=O)OCCCCCCOc1ccc(C(=O)Oc2ccc(C3Nc4cccc5c(N=Nc6ccc(N=Nc7ccc(C(=O)OCC)cc7)c7ccccc67)ccc(c45)N3)cc2)cc1. The van der Waals surface area contributed by atoms with Crippen LogP contribution in [0.4, 0.5) is 34.1 Å². The Kier molecular flexibility index (Phi) is 13.9. The summed E-state index contributed by atoms with van der Waals surface area (Å²) in [7, 11) is 0. The fraction of sp³-hybridized carbons (Fsp3) is 0.173. The first kappa shape index (κ1) is 43.5. The van der Waals surface area contributed by atoms with Crippen LogP contribution in [0.3, 0.4) is 0 Å². The molecule has 0 amide bonds. The summed E-state index contributed by atoms with van der Waals surface area (Å²) in [5.41, 5.74) is 6.40. The van der Waals surface area contributed by atoms with E-state index in [1.54, 1.807) is 67.6 Å². The molecule has 0 bridgehead atoms. The van der Waals surface area contributed by atoms with Crippen LogP contribution in [0.1, 0.15) is 65.1 Å². The number of nitrogens with one attached hydrogen (secondary N) is 2. The number of hydrogen-bond acceptors (Lipinski definition) is 13. The molecular weight excluding hydrogens is 821 g/mol. The summed E-state index contributed by atoms with van der Waals surface area (Å²) in [6, 6.07) is 42.7. The Morgan fingerprint density at radius 2 is 1.14 bits per heavy atom. The lowest BCUT2D eigenvalue weighted by atomic mass is 10.0. The van der Waals surface area contributed by atoms with Crippen molar-refractivity contribution in [3.8, 4) is 11.5 Å². The minimum Gasteiger partial charge on any atom is -0.494 e. The second-order valence-corrected chi connectivity index (χ2v) is 15.0. The van der Waals surface area contributed by atoms with Gasteiger partial charge in [-0.15, -0.1) is 15.3 Å². The average molecular weight is 867 g/mol. The molecule has 1 unspecified atom stereocenters. The van der Waals surface area contributed by atoms with Crippen LogP contribution in [0.2, 0.25) is 0 Å². The second kappa shape index (κ2) is 20.8. The lowest BCUT2D eigenvalue weighted by molar-refractivity contribution is -0.137. The van der Waals surface area contributed by atoms with Gasteiger partial charge in [-0.1, -0.05) is 55.1 Å². The van der Waals surface area contributed by atoms with Crippen LogP contribution >= 0.6 is 0 Å². The van der Waals surface area contributed by atoms with Crippen molar-refractivity contribution < 1.29 is 33.3 Å². The Hall–Kier alpha value is -8.19. The fourth-order valence-corrected chi connectivity index (χ4v) is 7.33. The number of ether oxygens (including phenoxy) is 4. The molecule has 0 spiro atoms. The van der Waals surface area contributed by atoms with E-state index in [1.807, 2.05) is 78.9 Å². The highest BCUT2D eigenvalue weighted by atomic mass is 16.5. The Bertz CT molecular complexity index is 2890. The molecule has 0 aliphatic carbocycles. The number of benzene rings is 7. The van der Waals surface area contributed by atoms with Crippen molar-refractivity contribution in [1.82, 2.24) is 0 Å². The molecule has 0 radical (unpaired) electrons. The maximum absolute atomic E-state index is 13.0. The summed E-state index contributed by atoms with van der Waals surface area (Å²) >= 11 is 0. The number of carbonyl (C=O) groups excluding carboxylic acids is 3. The van der Waals surface area contributed by atoms with Gasteiger partial charge in [0, 0.05) is 39.0 Å². The molecule has 1 aliphatic heterocycles. The fourth-order valence-electron chi connectivity index (χ4n) is 7.33. The summed E-state index contributed by atoms with van der Waals surface area (Å²) in [5, 5.41) is 29.3. The first-order valence-corrected chi connectivity index (χ1v) is 21.4. The van der Waals surface area contributed by atoms with E-state index in [-0.39, 0.29) is 12.1 Å². The van der Waals surface area contributed by atoms with Crippen LogP contribution < -0.4 is 20.1 Å². The van der Waals surface area contributed by atoms with E-state index in [1.165, 1.54) is 0 Å². The van der Waals surface area contributed by atoms with Gasteiger partial charge in [0.25, 0.3) is 0 Å². The molecule has 2 N–H and O–H groups in total. The van der Waals surface area contributed by atoms with Crippen LogP contribution in [0.25, 0.3) is 21.5 Å². The standard InChI is InChI=1S/C52H46N6O7/c1-3-48(59)64-33-10-6-5-9-32-63-38-24-20-36(21-25-38)52(61)65-39-26-18-34(19-27-39)50-53-46-15-11-14-42-45(30-31-47(54-50)49(42)46)58-57-44-29-28-43(40-12-7-8-13-41(40)44)56-55-37-22-16-35(17-23-37)51(60)62-4-2/h3,7-8,11-31,50,53-54H,1,4-6,9-10,32-33H2,2H3. The molecule has 7 aromatic rings. The van der Waals surface area contributed by atoms with Crippen molar-refractivity contribution in [2.45, 2.75) is 38.8 Å². The zero-order chi connectivity index (χ0) is 45.0. The van der Waals surface area contributed by atoms with Crippen molar-refractivity contribution in [1.29, 1.82) is 0 Å². The Morgan fingerprint density at radius 3 is 1.82 bits per heavy atom. The van der Waals surface area contributed by atoms with Crippen LogP contribution in [-0.4, -0.2) is 37.7 Å². The molecule has 0 aromatic heterocycles. The lowest BCUT2D eigenvalue weighted by Crippen LogP contribution is -2.23. The van der Waals surface area contributed by atoms with Crippen molar-refractivity contribution in [2.24, 2.45) is 20.5 Å². The highest BCUT2D eigenvalue weighted by Gasteiger charge is 2.22. The largest absolute Gasteiger partial charge is 0.494 e. The van der Waals surface area contributed by atoms with Crippen molar-refractivity contribution in [2.75, 3.05) is 30.5 Å². The van der Waals surface area contributed by atoms with E-state index in [0.717, 1.165) is 70.2 Å². The molecule has 326 valence electrons. The van der Waals surface area contributed by atoms with Crippen LogP contribution in [-0.2, 0) is 14.3 Å². The number of carbonyl (C=O) groups is 3. The predicted octanol–water partition coefficient (Wildman–Crippen LogP) is 13.4. The molecule has 0 fully saturated rings. The van der Waals surface area contributed by atoms with E-state index in [0.29, 0.717) is 65.2 Å². The first-order valence-electron chi connectivity index (χ1n) is 21.4. The minimum absolute atomic E-state index is 0.245. The molecule has 1 aliphatic rings. The normalized spacial score (nSPS) is 13.0. The summed E-state index contributed by atoms with van der Waals surface area (Å²) < 4.78 is 21.6. The number of fused-ring (bicyclic) bond motifs is 1. The maximum atomic E-state index is 13.0. The van der Waals surface area contributed by atoms with Gasteiger partial charge in [0.2, 0.25) is 0 Å². The highest BCUT2D eigenvalue weighted by Crippen LogP contribution is 2.43. The monoisotopic (exact) mass is 866 g/mol. The number of hydrogen-bond donors (Lipinski definition) is 2. The molecule has 8 rings (SSSR count). The second-order valence-electron chi connectivity index (χ2n) is 15.0. The number of anilines is 2. The number of unbranched alkanes of at least 4 members (excludes halogenated alkanes) is 3. The number of azo groups is 2. The maximum Gasteiger partial charge on any atom is 0.343 e. The van der Waals surface area contributed by atoms with E-state index in [2.05, 4.69) is 27.4 Å². The third-order valence-corrected chi connectivity index (χ3v) is 10.6. The van der Waals surface area contributed by atoms with Gasteiger partial charge >= 0.3 is 17.9 Å². The molecule has 1 heterocycles. The molecular formula is C52H46N6O7. The predicted molar refractivity (Wildman–Crippen MR) is 252 cm³/mol. The van der Waals surface area contributed by atoms with Crippen LogP contribution in [0, 0.1) is 0 Å². The molecule has 13 nitrogen and oxygen atoms in total. The smallest absolute Gasteiger partial charge is 0.343 e. The van der Waals surface area contributed by atoms with Crippen molar-refractivity contribution in [3.05, 3.63) is 169 Å². The number of esters is 3. The van der Waals surface area contributed by atoms with E-state index < -0.39 is 11.9 Å². The van der Waals surface area contributed by atoms with Gasteiger partial charge in [0.15, 0.2) is 0 Å². The molecule has 65 heavy (non-hydrogen) atoms. The lowest BCUT2D eigenvalue weighted by Gasteiger charge is -2.30. The average Bonchev–Trinajstić information content (AvgIpc) is 3.34. The summed E-state index contributed by atoms with van der Waals surface area (Å²) in [5.74, 6) is -0.139. The van der Waals surface area contributed by atoms with Crippen molar-refractivity contribution >= 4 is 73.6 Å². The van der Waals surface area contributed by atoms with Gasteiger partial charge in [0.1, 0.15) is 17.7 Å². The topological polar surface area (TPSA) is 162 Å². The van der Waals surface area contributed by atoms with Crippen molar-refractivity contribution in [3.63, 3.8) is 0 Å². The van der Waals surface area contributed by atoms with Gasteiger partial charge < -0.3 is 29.6 Å². The van der Waals surface area contributed by atoms with Gasteiger partial charge in [-0.2, -0.15) is 5.11 Å². The summed E-state index contributed by atoms with van der Waals surface area (Å²) in [6.45, 7) is 6.41. The molecule has 13 heteroatoms. The van der Waals surface area contributed by atoms with Gasteiger partial charge in [-0.3, -0.25) is 0 Å². The van der Waals surface area contributed by atoms with E-state index in [4.69, 9.17) is 29.2 Å². The summed E-state index contributed by atoms with van der Waals surface area (Å²) in [4.78, 5) is 36.1. The first-order chi connectivity index (χ1) is 31.9. The zero-order valence-electron chi connectivity index (χ0n) is 35.7. The number of nitrogens with zero attached hydrogens (tertiary/aromatic N) is 4. The zero-order valence-corrected chi connectivity index (χ0v) is 35.7. The Labute approximate surface area is 375 Å². The Balaban J connectivity index is 0.874. The van der Waals surface area contributed by atoms with Crippen LogP contribution in [0.5, 0.6) is 11.5 Å².